The summed E-state index contributed by atoms with van der Waals surface area (Å²) >= 11 is 0. The Kier molecular flexibility index (Phi) is 7.40. The molecule has 142 valence electrons. The van der Waals surface area contributed by atoms with Gasteiger partial charge in [0, 0.05) is 38.9 Å². The summed E-state index contributed by atoms with van der Waals surface area (Å²) < 4.78 is 14.6. The van der Waals surface area contributed by atoms with Crippen molar-refractivity contribution in [1.82, 2.24) is 9.80 Å². The molecule has 1 aliphatic heterocycles. The molecule has 0 aliphatic carbocycles. The van der Waals surface area contributed by atoms with Gasteiger partial charge in [0.25, 0.3) is 5.91 Å². The van der Waals surface area contributed by atoms with Crippen LogP contribution >= 0.6 is 0 Å². The van der Waals surface area contributed by atoms with E-state index in [9.17, 15) is 14.4 Å². The molecule has 26 heavy (non-hydrogen) atoms. The van der Waals surface area contributed by atoms with Crippen LogP contribution in [0.3, 0.4) is 0 Å². The van der Waals surface area contributed by atoms with E-state index in [0.29, 0.717) is 43.9 Å². The molecule has 1 aromatic carbocycles. The second-order valence-corrected chi connectivity index (χ2v) is 5.77. The molecule has 1 saturated heterocycles. The minimum absolute atomic E-state index is 0.0515. The normalized spacial score (nSPS) is 14.5. The lowest BCUT2D eigenvalue weighted by Gasteiger charge is -2.22. The SMILES string of the molecule is CCOC(=O)Oc1ccc(C(=O)N2CCCN(C(=O)COC)CC2)cc1. The Morgan fingerprint density at radius 3 is 2.31 bits per heavy atom. The average Bonchev–Trinajstić information content (AvgIpc) is 2.88. The molecule has 0 saturated carbocycles. The Morgan fingerprint density at radius 2 is 1.65 bits per heavy atom. The summed E-state index contributed by atoms with van der Waals surface area (Å²) in [4.78, 5) is 39.3. The van der Waals surface area contributed by atoms with Crippen molar-refractivity contribution in [1.29, 1.82) is 0 Å². The maximum absolute atomic E-state index is 12.7. The van der Waals surface area contributed by atoms with E-state index in [1.54, 1.807) is 41.0 Å². The second-order valence-electron chi connectivity index (χ2n) is 5.77. The summed E-state index contributed by atoms with van der Waals surface area (Å²) in [5.74, 6) is 0.128. The summed E-state index contributed by atoms with van der Waals surface area (Å²) in [7, 11) is 1.49. The molecule has 1 fully saturated rings. The lowest BCUT2D eigenvalue weighted by Crippen LogP contribution is -2.38. The van der Waals surface area contributed by atoms with Gasteiger partial charge in [-0.25, -0.2) is 4.79 Å². The van der Waals surface area contributed by atoms with Crippen molar-refractivity contribution in [2.45, 2.75) is 13.3 Å². The maximum atomic E-state index is 12.7. The first-order valence-corrected chi connectivity index (χ1v) is 8.55. The maximum Gasteiger partial charge on any atom is 0.513 e. The Balaban J connectivity index is 1.94. The van der Waals surface area contributed by atoms with Crippen molar-refractivity contribution in [2.24, 2.45) is 0 Å². The summed E-state index contributed by atoms with van der Waals surface area (Å²) in [6.45, 7) is 4.11. The molecule has 0 unspecified atom stereocenters. The van der Waals surface area contributed by atoms with Gasteiger partial charge in [-0.15, -0.1) is 0 Å². The molecule has 0 aromatic heterocycles. The average molecular weight is 364 g/mol. The highest BCUT2D eigenvalue weighted by atomic mass is 16.7. The van der Waals surface area contributed by atoms with E-state index in [-0.39, 0.29) is 25.0 Å². The zero-order valence-corrected chi connectivity index (χ0v) is 15.1. The number of nitrogens with zero attached hydrogens (tertiary/aromatic N) is 2. The number of amides is 2. The molecule has 0 bridgehead atoms. The van der Waals surface area contributed by atoms with Gasteiger partial charge >= 0.3 is 6.16 Å². The molecule has 0 radical (unpaired) electrons. The molecule has 0 N–H and O–H groups in total. The Labute approximate surface area is 152 Å². The van der Waals surface area contributed by atoms with Gasteiger partial charge in [-0.3, -0.25) is 9.59 Å². The van der Waals surface area contributed by atoms with E-state index < -0.39 is 6.16 Å². The van der Waals surface area contributed by atoms with E-state index in [0.717, 1.165) is 0 Å². The first-order chi connectivity index (χ1) is 12.5. The molecular formula is C18H24N2O6. The fourth-order valence-corrected chi connectivity index (χ4v) is 2.68. The Bertz CT molecular complexity index is 631. The van der Waals surface area contributed by atoms with E-state index in [1.807, 2.05) is 0 Å². The lowest BCUT2D eigenvalue weighted by atomic mass is 10.2. The van der Waals surface area contributed by atoms with Crippen LogP contribution in [0.15, 0.2) is 24.3 Å². The standard InChI is InChI=1S/C18H24N2O6/c1-3-25-18(23)26-15-7-5-14(6-8-15)17(22)20-10-4-9-19(11-12-20)16(21)13-24-2/h5-8H,3-4,9-13H2,1-2H3. The molecular weight excluding hydrogens is 340 g/mol. The van der Waals surface area contributed by atoms with Crippen molar-refractivity contribution in [2.75, 3.05) is 46.5 Å². The van der Waals surface area contributed by atoms with Crippen LogP contribution in [0, 0.1) is 0 Å². The predicted octanol–water partition coefficient (Wildman–Crippen LogP) is 1.54. The number of carbonyl (C=O) groups excluding carboxylic acids is 3. The van der Waals surface area contributed by atoms with Crippen molar-refractivity contribution in [3.05, 3.63) is 29.8 Å². The van der Waals surface area contributed by atoms with Crippen molar-refractivity contribution < 1.29 is 28.6 Å². The summed E-state index contributed by atoms with van der Waals surface area (Å²) in [6, 6.07) is 6.32. The monoisotopic (exact) mass is 364 g/mol. The van der Waals surface area contributed by atoms with Crippen LogP contribution in [-0.4, -0.2) is 74.3 Å². The molecule has 2 rings (SSSR count). The van der Waals surface area contributed by atoms with Crippen LogP contribution in [0.1, 0.15) is 23.7 Å². The predicted molar refractivity (Wildman–Crippen MR) is 93.1 cm³/mol. The van der Waals surface area contributed by atoms with Crippen LogP contribution < -0.4 is 4.74 Å². The van der Waals surface area contributed by atoms with Gasteiger partial charge < -0.3 is 24.0 Å². The second kappa shape index (κ2) is 9.76. The fourth-order valence-electron chi connectivity index (χ4n) is 2.68. The largest absolute Gasteiger partial charge is 0.513 e. The smallest absolute Gasteiger partial charge is 0.434 e. The van der Waals surface area contributed by atoms with E-state index in [4.69, 9.17) is 14.2 Å². The van der Waals surface area contributed by atoms with Gasteiger partial charge in [-0.1, -0.05) is 0 Å². The number of benzene rings is 1. The molecule has 1 aromatic rings. The number of hydrogen-bond acceptors (Lipinski definition) is 6. The summed E-state index contributed by atoms with van der Waals surface area (Å²) in [5, 5.41) is 0. The van der Waals surface area contributed by atoms with E-state index in [1.165, 1.54) is 7.11 Å². The molecule has 0 atom stereocenters. The quantitative estimate of drug-likeness (QED) is 0.582. The van der Waals surface area contributed by atoms with Gasteiger partial charge in [0.15, 0.2) is 0 Å². The van der Waals surface area contributed by atoms with Gasteiger partial charge in [0.05, 0.1) is 6.61 Å². The zero-order chi connectivity index (χ0) is 18.9. The number of methoxy groups -OCH3 is 1. The zero-order valence-electron chi connectivity index (χ0n) is 15.1. The van der Waals surface area contributed by atoms with Crippen LogP contribution in [0.4, 0.5) is 4.79 Å². The molecule has 8 heteroatoms. The summed E-state index contributed by atoms with van der Waals surface area (Å²) in [6.07, 6.45) is -0.0643. The Hall–Kier alpha value is -2.61. The van der Waals surface area contributed by atoms with Crippen LogP contribution in [-0.2, 0) is 14.3 Å². The van der Waals surface area contributed by atoms with E-state index in [2.05, 4.69) is 0 Å². The van der Waals surface area contributed by atoms with E-state index >= 15 is 0 Å². The molecule has 8 nitrogen and oxygen atoms in total. The van der Waals surface area contributed by atoms with Gasteiger partial charge in [-0.05, 0) is 37.6 Å². The minimum Gasteiger partial charge on any atom is -0.434 e. The lowest BCUT2D eigenvalue weighted by molar-refractivity contribution is -0.135. The number of hydrogen-bond donors (Lipinski definition) is 0. The van der Waals surface area contributed by atoms with Gasteiger partial charge in [-0.2, -0.15) is 0 Å². The molecule has 0 spiro atoms. The number of carbonyl (C=O) groups is 3. The summed E-state index contributed by atoms with van der Waals surface area (Å²) in [5.41, 5.74) is 0.498. The number of rotatable bonds is 5. The third-order valence-corrected chi connectivity index (χ3v) is 3.97. The molecule has 1 aliphatic rings. The third-order valence-electron chi connectivity index (χ3n) is 3.97. The third kappa shape index (κ3) is 5.45. The van der Waals surface area contributed by atoms with Crippen LogP contribution in [0.5, 0.6) is 5.75 Å². The molecule has 1 heterocycles. The van der Waals surface area contributed by atoms with Crippen LogP contribution in [0.2, 0.25) is 0 Å². The van der Waals surface area contributed by atoms with Gasteiger partial charge in [0.2, 0.25) is 5.91 Å². The van der Waals surface area contributed by atoms with Gasteiger partial charge in [0.1, 0.15) is 12.4 Å². The Morgan fingerprint density at radius 1 is 1.00 bits per heavy atom. The highest BCUT2D eigenvalue weighted by Gasteiger charge is 2.22. The van der Waals surface area contributed by atoms with Crippen molar-refractivity contribution >= 4 is 18.0 Å². The van der Waals surface area contributed by atoms with Crippen LogP contribution in [0.25, 0.3) is 0 Å². The van der Waals surface area contributed by atoms with Crippen molar-refractivity contribution in [3.8, 4) is 5.75 Å². The fraction of sp³-hybridized carbons (Fsp3) is 0.500. The first-order valence-electron chi connectivity index (χ1n) is 8.55. The number of ether oxygens (including phenoxy) is 3. The minimum atomic E-state index is -0.778. The topological polar surface area (TPSA) is 85.4 Å². The first kappa shape index (κ1) is 19.7. The highest BCUT2D eigenvalue weighted by Crippen LogP contribution is 2.15. The molecule has 2 amide bonds. The van der Waals surface area contributed by atoms with Crippen molar-refractivity contribution in [3.63, 3.8) is 0 Å². The highest BCUT2D eigenvalue weighted by molar-refractivity contribution is 5.94.